The standard InChI is InChI=1S/C15H20Cl3NO/c1-10(12-5-6-13(16)15(18)14(12)17)19-7-2-8-20-9-11-3-4-11/h5-6,10-11,19H,2-4,7-9H2,1H3. The third-order valence-electron chi connectivity index (χ3n) is 3.50. The van der Waals surface area contributed by atoms with Gasteiger partial charge in [0.1, 0.15) is 0 Å². The zero-order chi connectivity index (χ0) is 14.5. The van der Waals surface area contributed by atoms with Gasteiger partial charge in [0.15, 0.2) is 0 Å². The van der Waals surface area contributed by atoms with Crippen LogP contribution in [0.4, 0.5) is 0 Å². The summed E-state index contributed by atoms with van der Waals surface area (Å²) >= 11 is 18.2. The summed E-state index contributed by atoms with van der Waals surface area (Å²) in [6.45, 7) is 4.69. The van der Waals surface area contributed by atoms with Crippen molar-refractivity contribution >= 4 is 34.8 Å². The molecule has 0 amide bonds. The fourth-order valence-corrected chi connectivity index (χ4v) is 2.72. The maximum atomic E-state index is 6.22. The van der Waals surface area contributed by atoms with E-state index < -0.39 is 0 Å². The first kappa shape index (κ1) is 16.4. The molecule has 2 nitrogen and oxygen atoms in total. The van der Waals surface area contributed by atoms with E-state index in [0.29, 0.717) is 15.1 Å². The molecule has 0 saturated heterocycles. The third-order valence-corrected chi connectivity index (χ3v) is 4.81. The van der Waals surface area contributed by atoms with E-state index in [4.69, 9.17) is 39.5 Å². The molecule has 1 unspecified atom stereocenters. The van der Waals surface area contributed by atoms with Crippen molar-refractivity contribution in [2.45, 2.75) is 32.2 Å². The number of ether oxygens (including phenoxy) is 1. The predicted octanol–water partition coefficient (Wildman–Crippen LogP) is 5.11. The Hall–Kier alpha value is 0.01000. The van der Waals surface area contributed by atoms with Gasteiger partial charge in [-0.3, -0.25) is 0 Å². The average Bonchev–Trinajstić information content (AvgIpc) is 3.24. The van der Waals surface area contributed by atoms with Gasteiger partial charge in [0, 0.05) is 19.3 Å². The quantitative estimate of drug-likeness (QED) is 0.526. The highest BCUT2D eigenvalue weighted by atomic mass is 35.5. The van der Waals surface area contributed by atoms with E-state index in [1.165, 1.54) is 12.8 Å². The van der Waals surface area contributed by atoms with Crippen molar-refractivity contribution in [2.75, 3.05) is 19.8 Å². The second-order valence-corrected chi connectivity index (χ2v) is 6.48. The minimum Gasteiger partial charge on any atom is -0.381 e. The van der Waals surface area contributed by atoms with Gasteiger partial charge in [0.25, 0.3) is 0 Å². The van der Waals surface area contributed by atoms with E-state index in [2.05, 4.69) is 12.2 Å². The van der Waals surface area contributed by atoms with Gasteiger partial charge in [0.05, 0.1) is 15.1 Å². The van der Waals surface area contributed by atoms with Gasteiger partial charge >= 0.3 is 0 Å². The third kappa shape index (κ3) is 4.78. The first-order valence-corrected chi connectivity index (χ1v) is 8.17. The van der Waals surface area contributed by atoms with E-state index >= 15 is 0 Å². The first-order valence-electron chi connectivity index (χ1n) is 7.04. The lowest BCUT2D eigenvalue weighted by atomic mass is 10.1. The Bertz CT molecular complexity index is 449. The fourth-order valence-electron chi connectivity index (χ4n) is 2.01. The summed E-state index contributed by atoms with van der Waals surface area (Å²) in [6, 6.07) is 3.83. The SMILES string of the molecule is CC(NCCCOCC1CC1)c1ccc(Cl)c(Cl)c1Cl. The van der Waals surface area contributed by atoms with Crippen molar-refractivity contribution in [1.82, 2.24) is 5.32 Å². The van der Waals surface area contributed by atoms with Gasteiger partial charge < -0.3 is 10.1 Å². The summed E-state index contributed by atoms with van der Waals surface area (Å²) < 4.78 is 5.60. The molecule has 1 aromatic carbocycles. The van der Waals surface area contributed by atoms with E-state index in [0.717, 1.165) is 37.7 Å². The van der Waals surface area contributed by atoms with Crippen LogP contribution < -0.4 is 5.32 Å². The van der Waals surface area contributed by atoms with Gasteiger partial charge in [-0.25, -0.2) is 0 Å². The topological polar surface area (TPSA) is 21.3 Å². The Labute approximate surface area is 135 Å². The van der Waals surface area contributed by atoms with Gasteiger partial charge in [-0.2, -0.15) is 0 Å². The fraction of sp³-hybridized carbons (Fsp3) is 0.600. The minimum atomic E-state index is 0.140. The van der Waals surface area contributed by atoms with Crippen LogP contribution in [-0.4, -0.2) is 19.8 Å². The van der Waals surface area contributed by atoms with Crippen LogP contribution in [0.3, 0.4) is 0 Å². The van der Waals surface area contributed by atoms with Crippen LogP contribution in [0.25, 0.3) is 0 Å². The number of hydrogen-bond donors (Lipinski definition) is 1. The molecule has 112 valence electrons. The van der Waals surface area contributed by atoms with Crippen molar-refractivity contribution in [3.05, 3.63) is 32.8 Å². The summed E-state index contributed by atoms with van der Waals surface area (Å²) in [5.74, 6) is 0.830. The van der Waals surface area contributed by atoms with Crippen LogP contribution in [-0.2, 0) is 4.74 Å². The molecule has 1 atom stereocenters. The predicted molar refractivity (Wildman–Crippen MR) is 86.0 cm³/mol. The number of hydrogen-bond acceptors (Lipinski definition) is 2. The number of halogens is 3. The highest BCUT2D eigenvalue weighted by molar-refractivity contribution is 6.48. The Morgan fingerprint density at radius 2 is 2.00 bits per heavy atom. The molecule has 1 aliphatic carbocycles. The zero-order valence-electron chi connectivity index (χ0n) is 11.6. The maximum Gasteiger partial charge on any atom is 0.0781 e. The van der Waals surface area contributed by atoms with E-state index in [9.17, 15) is 0 Å². The Morgan fingerprint density at radius 1 is 1.25 bits per heavy atom. The zero-order valence-corrected chi connectivity index (χ0v) is 13.9. The monoisotopic (exact) mass is 335 g/mol. The molecule has 0 radical (unpaired) electrons. The van der Waals surface area contributed by atoms with Crippen LogP contribution in [0.2, 0.25) is 15.1 Å². The lowest BCUT2D eigenvalue weighted by Crippen LogP contribution is -2.21. The van der Waals surface area contributed by atoms with Crippen LogP contribution in [0.5, 0.6) is 0 Å². The molecule has 1 fully saturated rings. The normalized spacial score (nSPS) is 16.4. The van der Waals surface area contributed by atoms with Gasteiger partial charge in [-0.05, 0) is 50.3 Å². The van der Waals surface area contributed by atoms with Gasteiger partial charge in [-0.15, -0.1) is 0 Å². The molecule has 0 spiro atoms. The van der Waals surface area contributed by atoms with Gasteiger partial charge in [0.2, 0.25) is 0 Å². The molecule has 0 bridgehead atoms. The largest absolute Gasteiger partial charge is 0.381 e. The molecule has 0 aliphatic heterocycles. The van der Waals surface area contributed by atoms with E-state index in [1.54, 1.807) is 6.07 Å². The lowest BCUT2D eigenvalue weighted by Gasteiger charge is -2.17. The van der Waals surface area contributed by atoms with Crippen LogP contribution >= 0.6 is 34.8 Å². The molecule has 1 N–H and O–H groups in total. The summed E-state index contributed by atoms with van der Waals surface area (Å²) in [4.78, 5) is 0. The van der Waals surface area contributed by atoms with Crippen molar-refractivity contribution in [3.8, 4) is 0 Å². The highest BCUT2D eigenvalue weighted by Crippen LogP contribution is 2.35. The molecular weight excluding hydrogens is 317 g/mol. The second-order valence-electron chi connectivity index (χ2n) is 5.31. The smallest absolute Gasteiger partial charge is 0.0781 e. The summed E-state index contributed by atoms with van der Waals surface area (Å²) in [5, 5.41) is 4.87. The van der Waals surface area contributed by atoms with Crippen LogP contribution in [0, 0.1) is 5.92 Å². The van der Waals surface area contributed by atoms with Gasteiger partial charge in [-0.1, -0.05) is 40.9 Å². The van der Waals surface area contributed by atoms with E-state index in [1.807, 2.05) is 6.07 Å². The second kappa shape index (κ2) is 7.86. The van der Waals surface area contributed by atoms with Crippen molar-refractivity contribution in [1.29, 1.82) is 0 Å². The van der Waals surface area contributed by atoms with E-state index in [-0.39, 0.29) is 6.04 Å². The molecule has 5 heteroatoms. The Morgan fingerprint density at radius 3 is 2.70 bits per heavy atom. The molecule has 0 heterocycles. The van der Waals surface area contributed by atoms with Crippen molar-refractivity contribution in [3.63, 3.8) is 0 Å². The summed E-state index contributed by atoms with van der Waals surface area (Å²) in [6.07, 6.45) is 3.67. The maximum absolute atomic E-state index is 6.22. The molecule has 1 aliphatic rings. The minimum absolute atomic E-state index is 0.140. The molecule has 1 aromatic rings. The average molecular weight is 337 g/mol. The summed E-state index contributed by atoms with van der Waals surface area (Å²) in [5.41, 5.74) is 0.972. The van der Waals surface area contributed by atoms with Crippen LogP contribution in [0.1, 0.15) is 37.8 Å². The molecular formula is C15H20Cl3NO. The molecule has 1 saturated carbocycles. The Balaban J connectivity index is 1.70. The van der Waals surface area contributed by atoms with Crippen molar-refractivity contribution in [2.24, 2.45) is 5.92 Å². The molecule has 2 rings (SSSR count). The first-order chi connectivity index (χ1) is 9.59. The Kier molecular flexibility index (Phi) is 6.44. The highest BCUT2D eigenvalue weighted by Gasteiger charge is 2.20. The molecule has 0 aromatic heterocycles. The number of benzene rings is 1. The number of rotatable bonds is 8. The lowest BCUT2D eigenvalue weighted by molar-refractivity contribution is 0.121. The van der Waals surface area contributed by atoms with Crippen LogP contribution in [0.15, 0.2) is 12.1 Å². The number of nitrogens with one attached hydrogen (secondary N) is 1. The van der Waals surface area contributed by atoms with Crippen molar-refractivity contribution < 1.29 is 4.74 Å². The summed E-state index contributed by atoms with van der Waals surface area (Å²) in [7, 11) is 0. The molecule has 20 heavy (non-hydrogen) atoms.